The molecule has 1 aromatic rings. The van der Waals surface area contributed by atoms with Crippen LogP contribution in [0.4, 0.5) is 5.69 Å². The fraction of sp³-hybridized carbons (Fsp3) is 0.588. The number of aldehydes is 1. The molecule has 0 amide bonds. The first kappa shape index (κ1) is 19.6. The van der Waals surface area contributed by atoms with Crippen LogP contribution in [0.15, 0.2) is 24.3 Å². The number of benzene rings is 1. The van der Waals surface area contributed by atoms with Crippen LogP contribution >= 0.6 is 0 Å². The zero-order chi connectivity index (χ0) is 15.9. The van der Waals surface area contributed by atoms with Crippen LogP contribution in [0.3, 0.4) is 0 Å². The molecule has 1 heterocycles. The molecule has 0 bridgehead atoms. The fourth-order valence-electron chi connectivity index (χ4n) is 1.80. The van der Waals surface area contributed by atoms with Gasteiger partial charge in [0.25, 0.3) is 0 Å². The molecule has 120 valence electrons. The molecule has 0 aromatic heterocycles. The second-order valence-electron chi connectivity index (χ2n) is 4.38. The zero-order valence-corrected chi connectivity index (χ0v) is 13.9. The van der Waals surface area contributed by atoms with Crippen LogP contribution in [0.25, 0.3) is 0 Å². The second-order valence-corrected chi connectivity index (χ2v) is 4.38. The summed E-state index contributed by atoms with van der Waals surface area (Å²) in [5, 5.41) is 3.08. The highest BCUT2D eigenvalue weighted by Crippen LogP contribution is 2.08. The second kappa shape index (κ2) is 13.6. The Bertz CT molecular complexity index is 323. The largest absolute Gasteiger partial charge is 0.388 e. The highest BCUT2D eigenvalue weighted by atomic mass is 16.5. The summed E-state index contributed by atoms with van der Waals surface area (Å²) in [6.07, 6.45) is 2.05. The molecule has 4 heteroatoms. The van der Waals surface area contributed by atoms with Crippen molar-refractivity contribution in [1.29, 1.82) is 0 Å². The Labute approximate surface area is 129 Å². The zero-order valence-electron chi connectivity index (χ0n) is 13.9. The molecule has 1 fully saturated rings. The number of carbonyl (C=O) groups is 1. The summed E-state index contributed by atoms with van der Waals surface area (Å²) >= 11 is 0. The molecule has 0 aliphatic carbocycles. The average molecular weight is 294 g/mol. The van der Waals surface area contributed by atoms with E-state index < -0.39 is 0 Å². The predicted molar refractivity (Wildman–Crippen MR) is 90.0 cm³/mol. The van der Waals surface area contributed by atoms with E-state index in [1.54, 1.807) is 0 Å². The SMILES string of the molecule is CC.CCc1ccc(NC)cc1.O=CCN1CCOCC1. The number of hydrogen-bond acceptors (Lipinski definition) is 4. The molecule has 1 aliphatic heterocycles. The lowest BCUT2D eigenvalue weighted by Gasteiger charge is -2.23. The molecule has 1 aromatic carbocycles. The van der Waals surface area contributed by atoms with Crippen LogP contribution < -0.4 is 5.32 Å². The maximum atomic E-state index is 9.99. The number of ether oxygens (including phenoxy) is 1. The first-order valence-corrected chi connectivity index (χ1v) is 7.80. The van der Waals surface area contributed by atoms with Crippen molar-refractivity contribution in [3.05, 3.63) is 29.8 Å². The van der Waals surface area contributed by atoms with Gasteiger partial charge in [-0.15, -0.1) is 0 Å². The summed E-state index contributed by atoms with van der Waals surface area (Å²) in [4.78, 5) is 12.1. The van der Waals surface area contributed by atoms with Crippen molar-refractivity contribution in [2.75, 3.05) is 45.2 Å². The van der Waals surface area contributed by atoms with Crippen LogP contribution in [0.2, 0.25) is 0 Å². The molecule has 0 atom stereocenters. The van der Waals surface area contributed by atoms with Gasteiger partial charge >= 0.3 is 0 Å². The van der Waals surface area contributed by atoms with E-state index in [1.807, 2.05) is 20.9 Å². The Morgan fingerprint density at radius 3 is 2.19 bits per heavy atom. The van der Waals surface area contributed by atoms with Crippen molar-refractivity contribution in [3.8, 4) is 0 Å². The van der Waals surface area contributed by atoms with E-state index in [-0.39, 0.29) is 0 Å². The smallest absolute Gasteiger partial charge is 0.133 e. The fourth-order valence-corrected chi connectivity index (χ4v) is 1.80. The standard InChI is InChI=1S/C9H13N.C6H11NO2.C2H6/c1-3-8-4-6-9(10-2)7-5-8;8-4-1-7-2-5-9-6-3-7;1-2/h4-7,10H,3H2,1-2H3;4H,1-3,5-6H2;1-2H3. The van der Waals surface area contributed by atoms with Crippen molar-refractivity contribution in [3.63, 3.8) is 0 Å². The van der Waals surface area contributed by atoms with E-state index in [0.29, 0.717) is 6.54 Å². The van der Waals surface area contributed by atoms with Crippen LogP contribution in [0.5, 0.6) is 0 Å². The quantitative estimate of drug-likeness (QED) is 0.867. The number of morpholine rings is 1. The summed E-state index contributed by atoms with van der Waals surface area (Å²) in [6.45, 7) is 10.1. The molecule has 21 heavy (non-hydrogen) atoms. The Kier molecular flexibility index (Phi) is 12.7. The maximum Gasteiger partial charge on any atom is 0.133 e. The third-order valence-electron chi connectivity index (χ3n) is 3.09. The molecular formula is C17H30N2O2. The molecule has 0 saturated carbocycles. The lowest BCUT2D eigenvalue weighted by atomic mass is 10.1. The average Bonchev–Trinajstić information content (AvgIpc) is 2.58. The number of rotatable bonds is 4. The van der Waals surface area contributed by atoms with E-state index in [0.717, 1.165) is 39.0 Å². The van der Waals surface area contributed by atoms with Gasteiger partial charge in [-0.1, -0.05) is 32.9 Å². The number of aryl methyl sites for hydroxylation is 1. The van der Waals surface area contributed by atoms with Gasteiger partial charge in [0.05, 0.1) is 19.8 Å². The van der Waals surface area contributed by atoms with Crippen LogP contribution in [-0.4, -0.2) is 51.1 Å². The lowest BCUT2D eigenvalue weighted by molar-refractivity contribution is -0.109. The Hall–Kier alpha value is -1.39. The number of carbonyl (C=O) groups excluding carboxylic acids is 1. The number of nitrogens with zero attached hydrogens (tertiary/aromatic N) is 1. The van der Waals surface area contributed by atoms with Crippen LogP contribution in [0, 0.1) is 0 Å². The van der Waals surface area contributed by atoms with Gasteiger partial charge in [-0.05, 0) is 24.1 Å². The van der Waals surface area contributed by atoms with E-state index in [2.05, 4.69) is 41.4 Å². The summed E-state index contributed by atoms with van der Waals surface area (Å²) < 4.78 is 5.09. The van der Waals surface area contributed by atoms with Crippen LogP contribution in [-0.2, 0) is 16.0 Å². The first-order valence-electron chi connectivity index (χ1n) is 7.80. The summed E-state index contributed by atoms with van der Waals surface area (Å²) in [7, 11) is 1.93. The summed E-state index contributed by atoms with van der Waals surface area (Å²) in [5.74, 6) is 0. The van der Waals surface area contributed by atoms with E-state index in [1.165, 1.54) is 11.3 Å². The molecule has 1 N–H and O–H groups in total. The van der Waals surface area contributed by atoms with Crippen molar-refractivity contribution in [1.82, 2.24) is 4.90 Å². The molecule has 1 saturated heterocycles. The van der Waals surface area contributed by atoms with Crippen LogP contribution in [0.1, 0.15) is 26.3 Å². The topological polar surface area (TPSA) is 41.6 Å². The molecule has 2 rings (SSSR count). The van der Waals surface area contributed by atoms with E-state index in [9.17, 15) is 4.79 Å². The van der Waals surface area contributed by atoms with E-state index in [4.69, 9.17) is 4.74 Å². The molecular weight excluding hydrogens is 264 g/mol. The van der Waals surface area contributed by atoms with Gasteiger partial charge in [0.15, 0.2) is 0 Å². The molecule has 0 spiro atoms. The van der Waals surface area contributed by atoms with Crippen molar-refractivity contribution < 1.29 is 9.53 Å². The third kappa shape index (κ3) is 9.21. The Morgan fingerprint density at radius 2 is 1.76 bits per heavy atom. The Morgan fingerprint density at radius 1 is 1.19 bits per heavy atom. The molecule has 1 aliphatic rings. The van der Waals surface area contributed by atoms with Gasteiger partial charge in [-0.3, -0.25) is 4.90 Å². The minimum atomic E-state index is 0.559. The minimum Gasteiger partial charge on any atom is -0.388 e. The highest BCUT2D eigenvalue weighted by molar-refractivity contribution is 5.51. The molecule has 0 unspecified atom stereocenters. The number of anilines is 1. The maximum absolute atomic E-state index is 9.99. The van der Waals surface area contributed by atoms with Gasteiger partial charge < -0.3 is 14.8 Å². The third-order valence-corrected chi connectivity index (χ3v) is 3.09. The highest BCUT2D eigenvalue weighted by Gasteiger charge is 2.07. The van der Waals surface area contributed by atoms with E-state index >= 15 is 0 Å². The van der Waals surface area contributed by atoms with Gasteiger partial charge in [-0.25, -0.2) is 0 Å². The van der Waals surface area contributed by atoms with Crippen molar-refractivity contribution in [2.24, 2.45) is 0 Å². The van der Waals surface area contributed by atoms with Gasteiger partial charge in [0.1, 0.15) is 6.29 Å². The lowest BCUT2D eigenvalue weighted by Crippen LogP contribution is -2.37. The van der Waals surface area contributed by atoms with Gasteiger partial charge in [0.2, 0.25) is 0 Å². The minimum absolute atomic E-state index is 0.559. The number of nitrogens with one attached hydrogen (secondary N) is 1. The molecule has 0 radical (unpaired) electrons. The summed E-state index contributed by atoms with van der Waals surface area (Å²) in [6, 6.07) is 8.48. The number of hydrogen-bond donors (Lipinski definition) is 1. The van der Waals surface area contributed by atoms with Gasteiger partial charge in [-0.2, -0.15) is 0 Å². The monoisotopic (exact) mass is 294 g/mol. The first-order chi connectivity index (χ1) is 10.3. The molecule has 4 nitrogen and oxygen atoms in total. The van der Waals surface area contributed by atoms with Crippen molar-refractivity contribution >= 4 is 12.0 Å². The predicted octanol–water partition coefficient (Wildman–Crippen LogP) is 2.83. The Balaban J connectivity index is 0.000000342. The normalized spacial score (nSPS) is 14.1. The summed E-state index contributed by atoms with van der Waals surface area (Å²) in [5.41, 5.74) is 2.57. The van der Waals surface area contributed by atoms with Gasteiger partial charge in [0, 0.05) is 25.8 Å². The van der Waals surface area contributed by atoms with Crippen molar-refractivity contribution in [2.45, 2.75) is 27.2 Å².